The van der Waals surface area contributed by atoms with E-state index in [9.17, 15) is 9.90 Å². The lowest BCUT2D eigenvalue weighted by Gasteiger charge is -2.27. The van der Waals surface area contributed by atoms with E-state index in [2.05, 4.69) is 29.2 Å². The lowest BCUT2D eigenvalue weighted by molar-refractivity contribution is -0.131. The topological polar surface area (TPSA) is 47.0 Å². The molecule has 2 aliphatic heterocycles. The van der Waals surface area contributed by atoms with Gasteiger partial charge in [-0.3, -0.25) is 4.79 Å². The number of carbonyl (C=O) groups excluding carboxylic acids is 1. The smallest absolute Gasteiger partial charge is 0.224 e. The van der Waals surface area contributed by atoms with Crippen LogP contribution >= 0.6 is 0 Å². The summed E-state index contributed by atoms with van der Waals surface area (Å²) in [5.41, 5.74) is 1.90. The molecule has 0 radical (unpaired) electrons. The maximum atomic E-state index is 12.5. The Morgan fingerprint density at radius 2 is 2.09 bits per heavy atom. The molecule has 1 atom stereocenters. The molecule has 0 saturated carbocycles. The highest BCUT2D eigenvalue weighted by molar-refractivity contribution is 5.77. The van der Waals surface area contributed by atoms with Crippen LogP contribution in [0, 0.1) is 0 Å². The van der Waals surface area contributed by atoms with Crippen LogP contribution in [0.3, 0.4) is 0 Å². The fourth-order valence-electron chi connectivity index (χ4n) is 3.81. The monoisotopic (exact) mass is 317 g/mol. The second kappa shape index (κ2) is 6.49. The molecule has 0 aliphatic carbocycles. The molecular weight excluding hydrogens is 290 g/mol. The lowest BCUT2D eigenvalue weighted by atomic mass is 10.0. The summed E-state index contributed by atoms with van der Waals surface area (Å²) in [4.78, 5) is 18.6. The molecule has 126 valence electrons. The highest BCUT2D eigenvalue weighted by Gasteiger charge is 2.38. The van der Waals surface area contributed by atoms with E-state index in [0.29, 0.717) is 32.5 Å². The van der Waals surface area contributed by atoms with Gasteiger partial charge in [0.25, 0.3) is 0 Å². The first-order valence-electron chi connectivity index (χ1n) is 8.45. The van der Waals surface area contributed by atoms with E-state index in [4.69, 9.17) is 0 Å². The zero-order chi connectivity index (χ0) is 16.4. The molecule has 1 unspecified atom stereocenters. The Morgan fingerprint density at radius 3 is 2.87 bits per heavy atom. The van der Waals surface area contributed by atoms with E-state index in [-0.39, 0.29) is 5.91 Å². The summed E-state index contributed by atoms with van der Waals surface area (Å²) in [5, 5.41) is 10.5. The molecule has 0 bridgehead atoms. The first kappa shape index (κ1) is 16.3. The lowest BCUT2D eigenvalue weighted by Crippen LogP contribution is -2.43. The fourth-order valence-corrected chi connectivity index (χ4v) is 3.81. The van der Waals surface area contributed by atoms with Gasteiger partial charge in [0.1, 0.15) is 0 Å². The fraction of sp³-hybridized carbons (Fsp3) is 0.611. The van der Waals surface area contributed by atoms with Gasteiger partial charge in [-0.25, -0.2) is 0 Å². The van der Waals surface area contributed by atoms with Gasteiger partial charge in [-0.15, -0.1) is 0 Å². The zero-order valence-corrected chi connectivity index (χ0v) is 14.2. The van der Waals surface area contributed by atoms with Gasteiger partial charge in [-0.05, 0) is 38.6 Å². The van der Waals surface area contributed by atoms with Gasteiger partial charge in [0.05, 0.1) is 12.1 Å². The second-order valence-corrected chi connectivity index (χ2v) is 7.14. The highest BCUT2D eigenvalue weighted by Crippen LogP contribution is 2.28. The Bertz CT molecular complexity index is 575. The number of aliphatic hydroxyl groups is 1. The highest BCUT2D eigenvalue weighted by atomic mass is 16.3. The Morgan fingerprint density at radius 1 is 1.30 bits per heavy atom. The van der Waals surface area contributed by atoms with Gasteiger partial charge >= 0.3 is 0 Å². The minimum absolute atomic E-state index is 0.157. The van der Waals surface area contributed by atoms with E-state index in [0.717, 1.165) is 19.5 Å². The quantitative estimate of drug-likeness (QED) is 0.879. The van der Waals surface area contributed by atoms with Crippen molar-refractivity contribution in [1.29, 1.82) is 0 Å². The molecule has 1 aromatic rings. The van der Waals surface area contributed by atoms with Gasteiger partial charge in [0.15, 0.2) is 0 Å². The number of nitrogens with zero attached hydrogens (tertiary/aromatic N) is 3. The van der Waals surface area contributed by atoms with Crippen LogP contribution in [0.25, 0.3) is 0 Å². The minimum Gasteiger partial charge on any atom is -0.387 e. The molecule has 0 aromatic heterocycles. The van der Waals surface area contributed by atoms with Crippen molar-refractivity contribution in [3.63, 3.8) is 0 Å². The molecule has 1 amide bonds. The van der Waals surface area contributed by atoms with Crippen LogP contribution in [0.2, 0.25) is 0 Å². The van der Waals surface area contributed by atoms with Crippen molar-refractivity contribution in [1.82, 2.24) is 9.80 Å². The van der Waals surface area contributed by atoms with Crippen molar-refractivity contribution >= 4 is 11.6 Å². The van der Waals surface area contributed by atoms with E-state index in [1.807, 2.05) is 23.9 Å². The molecule has 3 rings (SSSR count). The molecule has 5 heteroatoms. The summed E-state index contributed by atoms with van der Waals surface area (Å²) in [6.45, 7) is 3.49. The second-order valence-electron chi connectivity index (χ2n) is 7.14. The number of hydrogen-bond acceptors (Lipinski definition) is 4. The molecule has 1 aromatic carbocycles. The number of carbonyl (C=O) groups is 1. The van der Waals surface area contributed by atoms with Gasteiger partial charge in [0, 0.05) is 38.3 Å². The van der Waals surface area contributed by atoms with Crippen LogP contribution in [0.1, 0.15) is 18.4 Å². The Labute approximate surface area is 138 Å². The van der Waals surface area contributed by atoms with Crippen LogP contribution in [0.15, 0.2) is 24.3 Å². The summed E-state index contributed by atoms with van der Waals surface area (Å²) in [5.74, 6) is 0.157. The van der Waals surface area contributed by atoms with Crippen molar-refractivity contribution in [2.45, 2.75) is 24.9 Å². The number of benzene rings is 1. The van der Waals surface area contributed by atoms with Gasteiger partial charge < -0.3 is 19.8 Å². The first-order chi connectivity index (χ1) is 11.0. The molecule has 0 spiro atoms. The van der Waals surface area contributed by atoms with Crippen molar-refractivity contribution in [3.8, 4) is 0 Å². The Kier molecular flexibility index (Phi) is 4.60. The summed E-state index contributed by atoms with van der Waals surface area (Å²) in [6.07, 6.45) is 2.26. The Hall–Kier alpha value is -1.59. The SMILES string of the molecule is CN(C)CC1(O)CCN(C(=O)CCN2CCc3ccccc32)C1. The summed E-state index contributed by atoms with van der Waals surface area (Å²) < 4.78 is 0. The van der Waals surface area contributed by atoms with Gasteiger partial charge in [0.2, 0.25) is 5.91 Å². The molecule has 1 saturated heterocycles. The van der Waals surface area contributed by atoms with Crippen LogP contribution < -0.4 is 4.90 Å². The molecule has 1 N–H and O–H groups in total. The third-order valence-electron chi connectivity index (χ3n) is 4.87. The predicted octanol–water partition coefficient (Wildman–Crippen LogP) is 0.964. The number of amides is 1. The standard InChI is InChI=1S/C18H27N3O2/c1-19(2)13-18(23)9-12-21(14-18)17(22)8-11-20-10-7-15-5-3-4-6-16(15)20/h3-6,23H,7-14H2,1-2H3. The number of rotatable bonds is 5. The summed E-state index contributed by atoms with van der Waals surface area (Å²) in [7, 11) is 3.90. The minimum atomic E-state index is -0.751. The van der Waals surface area contributed by atoms with E-state index in [1.165, 1.54) is 11.3 Å². The number of likely N-dealkylation sites (tertiary alicyclic amines) is 1. The van der Waals surface area contributed by atoms with E-state index >= 15 is 0 Å². The number of fused-ring (bicyclic) bond motifs is 1. The maximum absolute atomic E-state index is 12.5. The van der Waals surface area contributed by atoms with Crippen molar-refractivity contribution in [3.05, 3.63) is 29.8 Å². The van der Waals surface area contributed by atoms with E-state index in [1.54, 1.807) is 0 Å². The average Bonchev–Trinajstić information content (AvgIpc) is 3.08. The van der Waals surface area contributed by atoms with Crippen molar-refractivity contribution in [2.24, 2.45) is 0 Å². The molecule has 2 heterocycles. The van der Waals surface area contributed by atoms with Crippen LogP contribution in [0.4, 0.5) is 5.69 Å². The molecule has 23 heavy (non-hydrogen) atoms. The number of para-hydroxylation sites is 1. The normalized spacial score (nSPS) is 23.7. The largest absolute Gasteiger partial charge is 0.387 e. The van der Waals surface area contributed by atoms with E-state index < -0.39 is 5.60 Å². The van der Waals surface area contributed by atoms with Crippen LogP contribution in [-0.4, -0.2) is 73.2 Å². The third-order valence-corrected chi connectivity index (χ3v) is 4.87. The van der Waals surface area contributed by atoms with Crippen molar-refractivity contribution in [2.75, 3.05) is 51.7 Å². The molecule has 5 nitrogen and oxygen atoms in total. The molecule has 2 aliphatic rings. The zero-order valence-electron chi connectivity index (χ0n) is 14.2. The Balaban J connectivity index is 1.51. The third kappa shape index (κ3) is 3.67. The first-order valence-corrected chi connectivity index (χ1v) is 8.45. The van der Waals surface area contributed by atoms with Gasteiger partial charge in [-0.2, -0.15) is 0 Å². The number of hydrogen-bond donors (Lipinski definition) is 1. The maximum Gasteiger partial charge on any atom is 0.224 e. The summed E-state index contributed by atoms with van der Waals surface area (Å²) >= 11 is 0. The van der Waals surface area contributed by atoms with Crippen molar-refractivity contribution < 1.29 is 9.90 Å². The van der Waals surface area contributed by atoms with Gasteiger partial charge in [-0.1, -0.05) is 18.2 Å². The number of anilines is 1. The molecule has 1 fully saturated rings. The predicted molar refractivity (Wildman–Crippen MR) is 91.7 cm³/mol. The summed E-state index contributed by atoms with van der Waals surface area (Å²) in [6, 6.07) is 8.43. The van der Waals surface area contributed by atoms with Crippen LogP contribution in [0.5, 0.6) is 0 Å². The number of likely N-dealkylation sites (N-methyl/N-ethyl adjacent to an activating group) is 1. The van der Waals surface area contributed by atoms with Crippen LogP contribution in [-0.2, 0) is 11.2 Å². The average molecular weight is 317 g/mol. The number of β-amino-alcohol motifs (C(OH)–C–C–N with tert-alkyl or cyclic N) is 1. The molecular formula is C18H27N3O2.